The zero-order chi connectivity index (χ0) is 13.0. The molecule has 0 spiro atoms. The summed E-state index contributed by atoms with van der Waals surface area (Å²) in [6.07, 6.45) is 3.99. The SMILES string of the molecule is CCCC1CCN(Cc2ccc(CN)cc2Cl)C1. The van der Waals surface area contributed by atoms with Gasteiger partial charge in [0.15, 0.2) is 0 Å². The van der Waals surface area contributed by atoms with Crippen LogP contribution < -0.4 is 5.73 Å². The van der Waals surface area contributed by atoms with Crippen molar-refractivity contribution in [1.82, 2.24) is 4.90 Å². The molecular formula is C15H23ClN2. The van der Waals surface area contributed by atoms with Crippen molar-refractivity contribution in [3.05, 3.63) is 34.3 Å². The number of hydrogen-bond acceptors (Lipinski definition) is 2. The van der Waals surface area contributed by atoms with E-state index in [2.05, 4.69) is 24.0 Å². The highest BCUT2D eigenvalue weighted by Gasteiger charge is 2.22. The normalized spacial score (nSPS) is 20.5. The molecule has 1 heterocycles. The van der Waals surface area contributed by atoms with E-state index in [9.17, 15) is 0 Å². The molecule has 1 aromatic rings. The number of nitrogens with two attached hydrogens (primary N) is 1. The van der Waals surface area contributed by atoms with Crippen LogP contribution in [0.4, 0.5) is 0 Å². The Hall–Kier alpha value is -0.570. The van der Waals surface area contributed by atoms with Crippen LogP contribution in [0.25, 0.3) is 0 Å². The van der Waals surface area contributed by atoms with E-state index >= 15 is 0 Å². The van der Waals surface area contributed by atoms with E-state index in [4.69, 9.17) is 17.3 Å². The van der Waals surface area contributed by atoms with E-state index in [-0.39, 0.29) is 0 Å². The fourth-order valence-electron chi connectivity index (χ4n) is 2.79. The fraction of sp³-hybridized carbons (Fsp3) is 0.600. The average Bonchev–Trinajstić information content (AvgIpc) is 2.80. The highest BCUT2D eigenvalue weighted by molar-refractivity contribution is 6.31. The van der Waals surface area contributed by atoms with Gasteiger partial charge in [-0.3, -0.25) is 4.90 Å². The third-order valence-electron chi connectivity index (χ3n) is 3.81. The van der Waals surface area contributed by atoms with Crippen LogP contribution in [0.2, 0.25) is 5.02 Å². The molecule has 1 aromatic carbocycles. The predicted molar refractivity (Wildman–Crippen MR) is 77.6 cm³/mol. The minimum atomic E-state index is 0.558. The molecule has 3 heteroatoms. The number of hydrogen-bond donors (Lipinski definition) is 1. The van der Waals surface area contributed by atoms with Gasteiger partial charge in [0.25, 0.3) is 0 Å². The summed E-state index contributed by atoms with van der Waals surface area (Å²) in [5.74, 6) is 0.886. The average molecular weight is 267 g/mol. The molecule has 2 nitrogen and oxygen atoms in total. The number of likely N-dealkylation sites (tertiary alicyclic amines) is 1. The summed E-state index contributed by atoms with van der Waals surface area (Å²) in [7, 11) is 0. The number of rotatable bonds is 5. The lowest BCUT2D eigenvalue weighted by atomic mass is 10.0. The van der Waals surface area contributed by atoms with Crippen molar-refractivity contribution in [2.24, 2.45) is 11.7 Å². The van der Waals surface area contributed by atoms with Crippen LogP contribution in [0.3, 0.4) is 0 Å². The van der Waals surface area contributed by atoms with E-state index in [0.29, 0.717) is 6.54 Å². The Morgan fingerprint density at radius 1 is 1.44 bits per heavy atom. The predicted octanol–water partition coefficient (Wildman–Crippen LogP) is 3.42. The number of nitrogens with zero attached hydrogens (tertiary/aromatic N) is 1. The van der Waals surface area contributed by atoms with Crippen molar-refractivity contribution in [2.75, 3.05) is 13.1 Å². The summed E-state index contributed by atoms with van der Waals surface area (Å²) < 4.78 is 0. The lowest BCUT2D eigenvalue weighted by molar-refractivity contribution is 0.313. The maximum atomic E-state index is 6.30. The molecule has 0 amide bonds. The van der Waals surface area contributed by atoms with Crippen molar-refractivity contribution in [2.45, 2.75) is 39.3 Å². The van der Waals surface area contributed by atoms with Gasteiger partial charge in [0.1, 0.15) is 0 Å². The highest BCUT2D eigenvalue weighted by atomic mass is 35.5. The molecule has 0 saturated carbocycles. The molecular weight excluding hydrogens is 244 g/mol. The van der Waals surface area contributed by atoms with Gasteiger partial charge in [-0.15, -0.1) is 0 Å². The maximum Gasteiger partial charge on any atom is 0.0454 e. The van der Waals surface area contributed by atoms with Gasteiger partial charge < -0.3 is 5.73 Å². The fourth-order valence-corrected chi connectivity index (χ4v) is 3.05. The molecule has 18 heavy (non-hydrogen) atoms. The second kappa shape index (κ2) is 6.55. The Morgan fingerprint density at radius 2 is 2.28 bits per heavy atom. The summed E-state index contributed by atoms with van der Waals surface area (Å²) >= 11 is 6.30. The molecule has 1 saturated heterocycles. The van der Waals surface area contributed by atoms with Crippen LogP contribution in [0.5, 0.6) is 0 Å². The lowest BCUT2D eigenvalue weighted by Gasteiger charge is -2.17. The van der Waals surface area contributed by atoms with Crippen LogP contribution in [0, 0.1) is 5.92 Å². The van der Waals surface area contributed by atoms with E-state index in [1.165, 1.54) is 37.9 Å². The van der Waals surface area contributed by atoms with Gasteiger partial charge in [-0.1, -0.05) is 37.1 Å². The van der Waals surface area contributed by atoms with Crippen molar-refractivity contribution < 1.29 is 0 Å². The summed E-state index contributed by atoms with van der Waals surface area (Å²) in [6.45, 7) is 6.24. The minimum absolute atomic E-state index is 0.558. The van der Waals surface area contributed by atoms with E-state index in [1.54, 1.807) is 0 Å². The van der Waals surface area contributed by atoms with Gasteiger partial charge in [-0.05, 0) is 42.5 Å². The lowest BCUT2D eigenvalue weighted by Crippen LogP contribution is -2.20. The van der Waals surface area contributed by atoms with Gasteiger partial charge in [0.05, 0.1) is 0 Å². The summed E-state index contributed by atoms with van der Waals surface area (Å²) in [5.41, 5.74) is 7.95. The minimum Gasteiger partial charge on any atom is -0.326 e. The van der Waals surface area contributed by atoms with Crippen molar-refractivity contribution >= 4 is 11.6 Å². The maximum absolute atomic E-state index is 6.30. The molecule has 0 aromatic heterocycles. The Bertz CT molecular complexity index is 392. The first-order valence-electron chi connectivity index (χ1n) is 6.92. The molecule has 100 valence electrons. The zero-order valence-electron chi connectivity index (χ0n) is 11.2. The summed E-state index contributed by atoms with van der Waals surface area (Å²) in [5, 5.41) is 0.858. The molecule has 1 atom stereocenters. The third kappa shape index (κ3) is 3.47. The first-order valence-corrected chi connectivity index (χ1v) is 7.30. The molecule has 2 N–H and O–H groups in total. The van der Waals surface area contributed by atoms with Crippen molar-refractivity contribution in [1.29, 1.82) is 0 Å². The highest BCUT2D eigenvalue weighted by Crippen LogP contribution is 2.25. The quantitative estimate of drug-likeness (QED) is 0.885. The Kier molecular flexibility index (Phi) is 5.04. The molecule has 0 aliphatic carbocycles. The van der Waals surface area contributed by atoms with Crippen molar-refractivity contribution in [3.8, 4) is 0 Å². The van der Waals surface area contributed by atoms with E-state index in [1.807, 2.05) is 6.07 Å². The smallest absolute Gasteiger partial charge is 0.0454 e. The molecule has 1 fully saturated rings. The zero-order valence-corrected chi connectivity index (χ0v) is 11.9. The van der Waals surface area contributed by atoms with Gasteiger partial charge in [-0.25, -0.2) is 0 Å². The first-order chi connectivity index (χ1) is 8.72. The summed E-state index contributed by atoms with van der Waals surface area (Å²) in [6, 6.07) is 6.20. The van der Waals surface area contributed by atoms with Gasteiger partial charge in [0, 0.05) is 24.7 Å². The molecule has 0 bridgehead atoms. The van der Waals surface area contributed by atoms with E-state index in [0.717, 1.165) is 23.0 Å². The van der Waals surface area contributed by atoms with Crippen LogP contribution in [0.1, 0.15) is 37.3 Å². The van der Waals surface area contributed by atoms with Crippen LogP contribution >= 0.6 is 11.6 Å². The molecule has 1 unspecified atom stereocenters. The largest absolute Gasteiger partial charge is 0.326 e. The molecule has 0 radical (unpaired) electrons. The first kappa shape index (κ1) is 13.9. The summed E-state index contributed by atoms with van der Waals surface area (Å²) in [4.78, 5) is 2.52. The Labute approximate surface area is 115 Å². The van der Waals surface area contributed by atoms with Crippen LogP contribution in [0.15, 0.2) is 18.2 Å². The van der Waals surface area contributed by atoms with Crippen LogP contribution in [-0.2, 0) is 13.1 Å². The third-order valence-corrected chi connectivity index (χ3v) is 4.17. The Morgan fingerprint density at radius 3 is 2.94 bits per heavy atom. The number of benzene rings is 1. The molecule has 1 aliphatic rings. The second-order valence-corrected chi connectivity index (χ2v) is 5.72. The van der Waals surface area contributed by atoms with Gasteiger partial charge >= 0.3 is 0 Å². The topological polar surface area (TPSA) is 29.3 Å². The van der Waals surface area contributed by atoms with E-state index < -0.39 is 0 Å². The van der Waals surface area contributed by atoms with Gasteiger partial charge in [-0.2, -0.15) is 0 Å². The number of halogens is 1. The molecule has 2 rings (SSSR count). The van der Waals surface area contributed by atoms with Crippen molar-refractivity contribution in [3.63, 3.8) is 0 Å². The van der Waals surface area contributed by atoms with Crippen LogP contribution in [-0.4, -0.2) is 18.0 Å². The standard InChI is InChI=1S/C15H23ClN2/c1-2-3-12-6-7-18(10-12)11-14-5-4-13(9-17)8-15(14)16/h4-5,8,12H,2-3,6-7,9-11,17H2,1H3. The molecule has 1 aliphatic heterocycles. The van der Waals surface area contributed by atoms with Gasteiger partial charge in [0.2, 0.25) is 0 Å². The second-order valence-electron chi connectivity index (χ2n) is 5.31. The monoisotopic (exact) mass is 266 g/mol. The Balaban J connectivity index is 1.94.